The Bertz CT molecular complexity index is 804. The summed E-state index contributed by atoms with van der Waals surface area (Å²) in [7, 11) is 1.62. The summed E-state index contributed by atoms with van der Waals surface area (Å²) in [6.45, 7) is 1.98. The maximum Gasteiger partial charge on any atom is 0.224 e. The summed E-state index contributed by atoms with van der Waals surface area (Å²) in [5.74, 6) is 0.663. The van der Waals surface area contributed by atoms with Gasteiger partial charge in [-0.1, -0.05) is 24.3 Å². The summed E-state index contributed by atoms with van der Waals surface area (Å²) < 4.78 is 18.6. The molecule has 2 N–H and O–H groups in total. The lowest BCUT2D eigenvalue weighted by Crippen LogP contribution is -2.35. The highest BCUT2D eigenvalue weighted by Gasteiger charge is 2.57. The third-order valence-corrected chi connectivity index (χ3v) is 6.04. The number of hydrogen-bond acceptors (Lipinski definition) is 3. The van der Waals surface area contributed by atoms with Gasteiger partial charge < -0.3 is 15.4 Å². The lowest BCUT2D eigenvalue weighted by molar-refractivity contribution is -0.123. The number of halogens is 2. The van der Waals surface area contributed by atoms with Gasteiger partial charge in [-0.05, 0) is 73.2 Å². The minimum absolute atomic E-state index is 0. The molecule has 2 aromatic carbocycles. The van der Waals surface area contributed by atoms with Crippen molar-refractivity contribution in [3.05, 3.63) is 65.5 Å². The Labute approximate surface area is 171 Å². The molecule has 1 saturated carbocycles. The second kappa shape index (κ2) is 8.50. The van der Waals surface area contributed by atoms with Crippen LogP contribution < -0.4 is 15.4 Å². The minimum atomic E-state index is -0.302. The molecular weight excluding hydrogens is 379 g/mol. The van der Waals surface area contributed by atoms with Gasteiger partial charge in [-0.25, -0.2) is 4.39 Å². The van der Waals surface area contributed by atoms with Crippen LogP contribution in [0.4, 0.5) is 4.39 Å². The Kier molecular flexibility index (Phi) is 6.26. The smallest absolute Gasteiger partial charge is 0.224 e. The van der Waals surface area contributed by atoms with Crippen molar-refractivity contribution in [1.82, 2.24) is 10.6 Å². The van der Waals surface area contributed by atoms with Gasteiger partial charge >= 0.3 is 0 Å². The van der Waals surface area contributed by atoms with E-state index in [-0.39, 0.29) is 41.5 Å². The molecule has 28 heavy (non-hydrogen) atoms. The molecule has 2 aliphatic rings. The molecule has 1 spiro atoms. The Hall–Kier alpha value is -2.11. The van der Waals surface area contributed by atoms with Crippen LogP contribution in [-0.4, -0.2) is 26.1 Å². The fourth-order valence-electron chi connectivity index (χ4n) is 4.25. The number of methoxy groups -OCH3 is 1. The van der Waals surface area contributed by atoms with Crippen molar-refractivity contribution in [1.29, 1.82) is 0 Å². The van der Waals surface area contributed by atoms with Crippen molar-refractivity contribution < 1.29 is 13.9 Å². The molecule has 1 aliphatic carbocycles. The van der Waals surface area contributed by atoms with E-state index in [9.17, 15) is 9.18 Å². The van der Waals surface area contributed by atoms with E-state index in [1.807, 2.05) is 24.3 Å². The van der Waals surface area contributed by atoms with E-state index in [0.29, 0.717) is 0 Å². The number of carbonyl (C=O) groups excluding carboxylic acids is 1. The number of ether oxygens (including phenoxy) is 1. The Balaban J connectivity index is 0.00000225. The highest BCUT2D eigenvalue weighted by molar-refractivity contribution is 5.85. The average molecular weight is 405 g/mol. The van der Waals surface area contributed by atoms with Gasteiger partial charge in [-0.3, -0.25) is 4.79 Å². The second-order valence-electron chi connectivity index (χ2n) is 7.64. The molecule has 1 saturated heterocycles. The molecular formula is C22H26ClFN2O2. The lowest BCUT2D eigenvalue weighted by Gasteiger charge is -2.25. The van der Waals surface area contributed by atoms with E-state index >= 15 is 0 Å². The van der Waals surface area contributed by atoms with Gasteiger partial charge in [0.1, 0.15) is 11.6 Å². The first-order valence-electron chi connectivity index (χ1n) is 9.52. The molecule has 1 heterocycles. The molecule has 4 nitrogen and oxygen atoms in total. The normalized spacial score (nSPS) is 20.7. The number of benzene rings is 2. The molecule has 6 heteroatoms. The van der Waals surface area contributed by atoms with Gasteiger partial charge in [-0.15, -0.1) is 12.4 Å². The van der Waals surface area contributed by atoms with Crippen LogP contribution in [0.15, 0.2) is 48.5 Å². The number of amides is 1. The summed E-state index contributed by atoms with van der Waals surface area (Å²) in [5, 5.41) is 6.59. The van der Waals surface area contributed by atoms with Gasteiger partial charge in [0.2, 0.25) is 5.91 Å². The average Bonchev–Trinajstić information content (AvgIpc) is 3.40. The van der Waals surface area contributed by atoms with Gasteiger partial charge in [0, 0.05) is 5.92 Å². The van der Waals surface area contributed by atoms with E-state index in [1.54, 1.807) is 19.2 Å². The van der Waals surface area contributed by atoms with Crippen molar-refractivity contribution >= 4 is 18.3 Å². The standard InChI is InChI=1S/C22H25FN2O2.ClH/c1-27-18-8-4-16(5-9-18)20(15-2-6-17(23)7-3-15)25-21(26)19-14-22(19)10-12-24-13-11-22;/h2-9,19-20,24H,10-14H2,1H3,(H,25,26);1H. The number of rotatable bonds is 5. The molecule has 0 bridgehead atoms. The first kappa shape index (κ1) is 20.6. The quantitative estimate of drug-likeness (QED) is 0.795. The minimum Gasteiger partial charge on any atom is -0.497 e. The van der Waals surface area contributed by atoms with Crippen LogP contribution in [0.1, 0.15) is 36.4 Å². The lowest BCUT2D eigenvalue weighted by atomic mass is 9.91. The van der Waals surface area contributed by atoms with Crippen LogP contribution in [0, 0.1) is 17.2 Å². The number of hydrogen-bond donors (Lipinski definition) is 2. The molecule has 0 aromatic heterocycles. The zero-order valence-corrected chi connectivity index (χ0v) is 16.7. The highest BCUT2D eigenvalue weighted by Crippen LogP contribution is 2.58. The van der Waals surface area contributed by atoms with E-state index in [4.69, 9.17) is 4.74 Å². The third-order valence-electron chi connectivity index (χ3n) is 6.04. The van der Waals surface area contributed by atoms with E-state index in [1.165, 1.54) is 12.1 Å². The van der Waals surface area contributed by atoms with Crippen LogP contribution >= 0.6 is 12.4 Å². The van der Waals surface area contributed by atoms with Crippen molar-refractivity contribution in [2.45, 2.75) is 25.3 Å². The van der Waals surface area contributed by atoms with E-state index in [0.717, 1.165) is 49.2 Å². The van der Waals surface area contributed by atoms with Crippen LogP contribution in [0.5, 0.6) is 5.75 Å². The molecule has 4 rings (SSSR count). The first-order chi connectivity index (χ1) is 13.1. The summed E-state index contributed by atoms with van der Waals surface area (Å²) in [6, 6.07) is 13.7. The SMILES string of the molecule is COc1ccc(C(NC(=O)C2CC23CCNCC3)c2ccc(F)cc2)cc1.Cl. The van der Waals surface area contributed by atoms with Crippen molar-refractivity contribution in [3.63, 3.8) is 0 Å². The summed E-state index contributed by atoms with van der Waals surface area (Å²) in [4.78, 5) is 13.0. The molecule has 1 aliphatic heterocycles. The number of nitrogens with one attached hydrogen (secondary N) is 2. The largest absolute Gasteiger partial charge is 0.497 e. The zero-order valence-electron chi connectivity index (χ0n) is 15.9. The molecule has 0 radical (unpaired) electrons. The maximum atomic E-state index is 13.4. The summed E-state index contributed by atoms with van der Waals surface area (Å²) in [6.07, 6.45) is 3.10. The zero-order chi connectivity index (χ0) is 18.9. The fraction of sp³-hybridized carbons (Fsp3) is 0.409. The van der Waals surface area contributed by atoms with Crippen LogP contribution in [0.2, 0.25) is 0 Å². The maximum absolute atomic E-state index is 13.4. The molecule has 2 atom stereocenters. The molecule has 2 aromatic rings. The molecule has 1 amide bonds. The number of piperidine rings is 1. The van der Waals surface area contributed by atoms with Gasteiger partial charge in [-0.2, -0.15) is 0 Å². The van der Waals surface area contributed by atoms with Crippen molar-refractivity contribution in [2.24, 2.45) is 11.3 Å². The predicted octanol–water partition coefficient (Wildman–Crippen LogP) is 3.85. The van der Waals surface area contributed by atoms with Gasteiger partial charge in [0.25, 0.3) is 0 Å². The first-order valence-corrected chi connectivity index (χ1v) is 9.52. The van der Waals surface area contributed by atoms with Crippen LogP contribution in [0.25, 0.3) is 0 Å². The topological polar surface area (TPSA) is 50.4 Å². The highest BCUT2D eigenvalue weighted by atomic mass is 35.5. The van der Waals surface area contributed by atoms with E-state index < -0.39 is 0 Å². The second-order valence-corrected chi connectivity index (χ2v) is 7.64. The fourth-order valence-corrected chi connectivity index (χ4v) is 4.25. The van der Waals surface area contributed by atoms with Crippen LogP contribution in [-0.2, 0) is 4.79 Å². The van der Waals surface area contributed by atoms with Crippen LogP contribution in [0.3, 0.4) is 0 Å². The van der Waals surface area contributed by atoms with E-state index in [2.05, 4.69) is 10.6 Å². The Morgan fingerprint density at radius 3 is 2.25 bits per heavy atom. The van der Waals surface area contributed by atoms with Crippen molar-refractivity contribution in [3.8, 4) is 5.75 Å². The third kappa shape index (κ3) is 4.15. The monoisotopic (exact) mass is 404 g/mol. The molecule has 2 unspecified atom stereocenters. The predicted molar refractivity (Wildman–Crippen MR) is 109 cm³/mol. The molecule has 150 valence electrons. The number of carbonyl (C=O) groups is 1. The van der Waals surface area contributed by atoms with Crippen molar-refractivity contribution in [2.75, 3.05) is 20.2 Å². The van der Waals surface area contributed by atoms with Gasteiger partial charge in [0.15, 0.2) is 0 Å². The summed E-state index contributed by atoms with van der Waals surface area (Å²) >= 11 is 0. The Morgan fingerprint density at radius 1 is 1.11 bits per heavy atom. The Morgan fingerprint density at radius 2 is 1.68 bits per heavy atom. The van der Waals surface area contributed by atoms with Gasteiger partial charge in [0.05, 0.1) is 13.2 Å². The molecule has 2 fully saturated rings. The summed E-state index contributed by atoms with van der Waals surface area (Å²) in [5.41, 5.74) is 2.01.